The van der Waals surface area contributed by atoms with Crippen molar-refractivity contribution in [2.24, 2.45) is 5.73 Å². The Labute approximate surface area is 177 Å². The predicted molar refractivity (Wildman–Crippen MR) is 115 cm³/mol. The van der Waals surface area contributed by atoms with Crippen molar-refractivity contribution < 1.29 is 18.3 Å². The Bertz CT molecular complexity index is 850. The number of hydrogen-bond acceptors (Lipinski definition) is 4. The van der Waals surface area contributed by atoms with Gasteiger partial charge in [0, 0.05) is 12.1 Å². The Morgan fingerprint density at radius 2 is 1.87 bits per heavy atom. The normalized spacial score (nSPS) is 18.9. The highest BCUT2D eigenvalue weighted by molar-refractivity contribution is 5.42. The van der Waals surface area contributed by atoms with Crippen LogP contribution in [-0.2, 0) is 16.8 Å². The van der Waals surface area contributed by atoms with Crippen LogP contribution < -0.4 is 15.8 Å². The molecule has 1 aliphatic rings. The Hall–Kier alpha value is -2.02. The first kappa shape index (κ1) is 22.7. The lowest BCUT2D eigenvalue weighted by molar-refractivity contribution is -0.0473. The smallest absolute Gasteiger partial charge is 0.126 e. The van der Waals surface area contributed by atoms with Crippen molar-refractivity contribution >= 4 is 0 Å². The fourth-order valence-corrected chi connectivity index (χ4v) is 3.93. The van der Waals surface area contributed by atoms with Crippen LogP contribution >= 0.6 is 0 Å². The first-order valence-electron chi connectivity index (χ1n) is 10.5. The molecule has 164 valence electrons. The molecule has 3 N–H and O–H groups in total. The van der Waals surface area contributed by atoms with E-state index in [2.05, 4.69) is 31.3 Å². The van der Waals surface area contributed by atoms with Gasteiger partial charge < -0.3 is 20.5 Å². The minimum Gasteiger partial charge on any atom is -0.491 e. The number of nitrogens with one attached hydrogen (secondary N) is 1. The van der Waals surface area contributed by atoms with Gasteiger partial charge in [0.1, 0.15) is 17.4 Å². The molecule has 0 aromatic heterocycles. The van der Waals surface area contributed by atoms with Crippen molar-refractivity contribution in [3.8, 4) is 5.75 Å². The van der Waals surface area contributed by atoms with Gasteiger partial charge in [0.05, 0.1) is 24.4 Å². The third-order valence-corrected chi connectivity index (χ3v) is 5.36. The van der Waals surface area contributed by atoms with Crippen LogP contribution in [0.5, 0.6) is 5.75 Å². The molecule has 0 amide bonds. The highest BCUT2D eigenvalue weighted by Gasteiger charge is 2.33. The van der Waals surface area contributed by atoms with Crippen molar-refractivity contribution in [1.82, 2.24) is 5.32 Å². The number of hydrogen-bond donors (Lipinski definition) is 2. The zero-order valence-electron chi connectivity index (χ0n) is 18.2. The van der Waals surface area contributed by atoms with Crippen LogP contribution in [-0.4, -0.2) is 25.3 Å². The molecule has 4 nitrogen and oxygen atoms in total. The van der Waals surface area contributed by atoms with E-state index in [0.717, 1.165) is 17.4 Å². The molecule has 0 aliphatic carbocycles. The second-order valence-electron chi connectivity index (χ2n) is 8.77. The minimum absolute atomic E-state index is 0.0301. The van der Waals surface area contributed by atoms with Crippen LogP contribution in [0.15, 0.2) is 36.4 Å². The number of fused-ring (bicyclic) bond motifs is 1. The van der Waals surface area contributed by atoms with Gasteiger partial charge in [-0.1, -0.05) is 6.07 Å². The largest absolute Gasteiger partial charge is 0.491 e. The molecule has 1 heterocycles. The fourth-order valence-electron chi connectivity index (χ4n) is 3.93. The predicted octanol–water partition coefficient (Wildman–Crippen LogP) is 4.61. The summed E-state index contributed by atoms with van der Waals surface area (Å²) in [4.78, 5) is 0. The maximum atomic E-state index is 13.4. The van der Waals surface area contributed by atoms with Crippen LogP contribution in [0.3, 0.4) is 0 Å². The molecule has 2 aromatic rings. The van der Waals surface area contributed by atoms with E-state index >= 15 is 0 Å². The zero-order chi connectivity index (χ0) is 21.9. The van der Waals surface area contributed by atoms with Gasteiger partial charge in [-0.2, -0.15) is 0 Å². The van der Waals surface area contributed by atoms with E-state index < -0.39 is 11.6 Å². The van der Waals surface area contributed by atoms with Crippen LogP contribution in [0.4, 0.5) is 8.78 Å². The topological polar surface area (TPSA) is 56.5 Å². The monoisotopic (exact) mass is 418 g/mol. The van der Waals surface area contributed by atoms with Crippen LogP contribution in [0.2, 0.25) is 0 Å². The molecule has 6 heteroatoms. The number of halogens is 2. The zero-order valence-corrected chi connectivity index (χ0v) is 18.2. The van der Waals surface area contributed by atoms with E-state index in [1.807, 2.05) is 19.9 Å². The summed E-state index contributed by atoms with van der Waals surface area (Å²) < 4.78 is 38.7. The van der Waals surface area contributed by atoms with Crippen molar-refractivity contribution in [2.45, 2.75) is 64.3 Å². The molecular formula is C24H32F2N2O2. The van der Waals surface area contributed by atoms with E-state index in [9.17, 15) is 8.78 Å². The molecule has 3 rings (SSSR count). The maximum Gasteiger partial charge on any atom is 0.126 e. The maximum absolute atomic E-state index is 13.4. The van der Waals surface area contributed by atoms with Crippen LogP contribution in [0.25, 0.3) is 0 Å². The van der Waals surface area contributed by atoms with Gasteiger partial charge in [-0.3, -0.25) is 0 Å². The fraction of sp³-hybridized carbons (Fsp3) is 0.500. The number of rotatable bonds is 8. The third-order valence-electron chi connectivity index (χ3n) is 5.36. The van der Waals surface area contributed by atoms with Crippen molar-refractivity contribution in [1.29, 1.82) is 0 Å². The van der Waals surface area contributed by atoms with Gasteiger partial charge in [-0.15, -0.1) is 0 Å². The molecular weight excluding hydrogens is 386 g/mol. The summed E-state index contributed by atoms with van der Waals surface area (Å²) in [6, 6.07) is 9.52. The lowest BCUT2D eigenvalue weighted by Gasteiger charge is -2.38. The minimum atomic E-state index is -0.576. The highest BCUT2D eigenvalue weighted by Crippen LogP contribution is 2.38. The summed E-state index contributed by atoms with van der Waals surface area (Å²) in [6.45, 7) is 9.37. The summed E-state index contributed by atoms with van der Waals surface area (Å²) in [5.41, 5.74) is 8.73. The van der Waals surface area contributed by atoms with Gasteiger partial charge in [0.15, 0.2) is 0 Å². The molecule has 0 bridgehead atoms. The second-order valence-corrected chi connectivity index (χ2v) is 8.77. The van der Waals surface area contributed by atoms with Crippen molar-refractivity contribution in [3.63, 3.8) is 0 Å². The molecule has 1 unspecified atom stereocenters. The van der Waals surface area contributed by atoms with Gasteiger partial charge in [0.25, 0.3) is 0 Å². The third kappa shape index (κ3) is 5.78. The average Bonchev–Trinajstić information content (AvgIpc) is 2.62. The highest BCUT2D eigenvalue weighted by atomic mass is 19.1. The molecule has 0 saturated carbocycles. The van der Waals surface area contributed by atoms with Gasteiger partial charge >= 0.3 is 0 Å². The Balaban J connectivity index is 1.62. The first-order valence-corrected chi connectivity index (χ1v) is 10.5. The summed E-state index contributed by atoms with van der Waals surface area (Å²) in [7, 11) is 0. The molecule has 0 fully saturated rings. The van der Waals surface area contributed by atoms with E-state index in [1.165, 1.54) is 17.7 Å². The molecule has 0 saturated heterocycles. The number of benzene rings is 2. The number of ether oxygens (including phenoxy) is 2. The summed E-state index contributed by atoms with van der Waals surface area (Å²) in [5.74, 6) is -0.306. The molecule has 1 aliphatic heterocycles. The van der Waals surface area contributed by atoms with E-state index in [0.29, 0.717) is 31.6 Å². The summed E-state index contributed by atoms with van der Waals surface area (Å²) in [5, 5.41) is 3.53. The SMILES string of the molecule is CC(C)Oc1ccc2c(c1)C(NCC[C@@H](N)Cc1cc(F)cc(F)c1)COC2(C)C. The van der Waals surface area contributed by atoms with E-state index in [-0.39, 0.29) is 23.8 Å². The average molecular weight is 419 g/mol. The molecule has 30 heavy (non-hydrogen) atoms. The first-order chi connectivity index (χ1) is 14.1. The lowest BCUT2D eigenvalue weighted by Crippen LogP contribution is -2.39. The molecule has 0 radical (unpaired) electrons. The van der Waals surface area contributed by atoms with Crippen LogP contribution in [0.1, 0.15) is 56.8 Å². The molecule has 2 aromatic carbocycles. The number of nitrogens with two attached hydrogens (primary N) is 1. The molecule has 2 atom stereocenters. The van der Waals surface area contributed by atoms with Crippen molar-refractivity contribution in [3.05, 3.63) is 64.7 Å². The van der Waals surface area contributed by atoms with Crippen molar-refractivity contribution in [2.75, 3.05) is 13.2 Å². The lowest BCUT2D eigenvalue weighted by atomic mass is 9.86. The quantitative estimate of drug-likeness (QED) is 0.657. The van der Waals surface area contributed by atoms with Gasteiger partial charge in [0.2, 0.25) is 0 Å². The molecule has 0 spiro atoms. The van der Waals surface area contributed by atoms with Gasteiger partial charge in [-0.25, -0.2) is 8.78 Å². The Morgan fingerprint density at radius 1 is 1.17 bits per heavy atom. The van der Waals surface area contributed by atoms with Gasteiger partial charge in [-0.05, 0) is 88.0 Å². The summed E-state index contributed by atoms with van der Waals surface area (Å²) in [6.07, 6.45) is 1.20. The Kier molecular flexibility index (Phi) is 7.11. The van der Waals surface area contributed by atoms with E-state index in [4.69, 9.17) is 15.2 Å². The standard InChI is InChI=1S/C24H32F2N2O2/c1-15(2)30-20-5-6-22-21(13-20)23(14-29-24(22,3)4)28-8-7-19(27)11-16-9-17(25)12-18(26)10-16/h5-6,9-10,12-13,15,19,23,28H,7-8,11,14,27H2,1-4H3/t19-,23?/m1/s1. The summed E-state index contributed by atoms with van der Waals surface area (Å²) >= 11 is 0. The Morgan fingerprint density at radius 3 is 2.53 bits per heavy atom. The van der Waals surface area contributed by atoms with Crippen LogP contribution in [0, 0.1) is 11.6 Å². The second kappa shape index (κ2) is 9.41. The van der Waals surface area contributed by atoms with E-state index in [1.54, 1.807) is 0 Å².